The third kappa shape index (κ3) is 2.98. The first-order chi connectivity index (χ1) is 6.76. The molecule has 0 fully saturated rings. The molecule has 0 aliphatic heterocycles. The zero-order valence-electron chi connectivity index (χ0n) is 8.07. The average molecular weight is 188 g/mol. The Morgan fingerprint density at radius 3 is 2.29 bits per heavy atom. The molecular formula is C12H12O2. The average Bonchev–Trinajstić information content (AvgIpc) is 2.26. The van der Waals surface area contributed by atoms with Crippen molar-refractivity contribution in [3.8, 4) is 0 Å². The summed E-state index contributed by atoms with van der Waals surface area (Å²) < 4.78 is 0. The minimum absolute atomic E-state index is 0.101. The van der Waals surface area contributed by atoms with Gasteiger partial charge in [-0.25, -0.2) is 0 Å². The molecule has 0 aromatic heterocycles. The van der Waals surface area contributed by atoms with E-state index in [1.165, 1.54) is 0 Å². The number of aldehydes is 1. The van der Waals surface area contributed by atoms with Gasteiger partial charge in [0.05, 0.1) is 0 Å². The molecule has 14 heavy (non-hydrogen) atoms. The van der Waals surface area contributed by atoms with Crippen molar-refractivity contribution >= 4 is 18.1 Å². The molecule has 0 atom stereocenters. The molecule has 0 radical (unpaired) electrons. The maximum absolute atomic E-state index is 11.0. The Balaban J connectivity index is 2.73. The fourth-order valence-corrected chi connectivity index (χ4v) is 0.993. The first kappa shape index (κ1) is 10.4. The second kappa shape index (κ2) is 5.12. The van der Waals surface area contributed by atoms with Crippen molar-refractivity contribution in [1.29, 1.82) is 0 Å². The predicted molar refractivity (Wildman–Crippen MR) is 56.2 cm³/mol. The SMILES string of the molecule is CCC(=O)/C=C/c1ccc(C=O)cc1. The van der Waals surface area contributed by atoms with E-state index in [0.29, 0.717) is 12.0 Å². The molecular weight excluding hydrogens is 176 g/mol. The quantitative estimate of drug-likeness (QED) is 0.537. The summed E-state index contributed by atoms with van der Waals surface area (Å²) in [7, 11) is 0. The molecule has 0 bridgehead atoms. The standard InChI is InChI=1S/C12H12O2/c1-2-12(14)8-7-10-3-5-11(9-13)6-4-10/h3-9H,2H2,1H3/b8-7+. The minimum Gasteiger partial charge on any atom is -0.298 e. The van der Waals surface area contributed by atoms with Crippen LogP contribution >= 0.6 is 0 Å². The van der Waals surface area contributed by atoms with Crippen LogP contribution in [0.1, 0.15) is 29.3 Å². The maximum Gasteiger partial charge on any atom is 0.155 e. The molecule has 2 heteroatoms. The lowest BCUT2D eigenvalue weighted by molar-refractivity contribution is -0.114. The molecule has 0 aliphatic carbocycles. The monoisotopic (exact) mass is 188 g/mol. The Kier molecular flexibility index (Phi) is 3.80. The lowest BCUT2D eigenvalue weighted by Crippen LogP contribution is -1.86. The van der Waals surface area contributed by atoms with Crippen molar-refractivity contribution in [2.24, 2.45) is 0 Å². The number of allylic oxidation sites excluding steroid dienone is 1. The van der Waals surface area contributed by atoms with Crippen LogP contribution in [-0.4, -0.2) is 12.1 Å². The van der Waals surface area contributed by atoms with Crippen LogP contribution in [-0.2, 0) is 4.79 Å². The van der Waals surface area contributed by atoms with E-state index in [4.69, 9.17) is 0 Å². The highest BCUT2D eigenvalue weighted by atomic mass is 16.1. The van der Waals surface area contributed by atoms with Gasteiger partial charge in [-0.15, -0.1) is 0 Å². The lowest BCUT2D eigenvalue weighted by Gasteiger charge is -1.93. The highest BCUT2D eigenvalue weighted by molar-refractivity contribution is 5.93. The predicted octanol–water partition coefficient (Wildman–Crippen LogP) is 2.49. The largest absolute Gasteiger partial charge is 0.298 e. The number of hydrogen-bond donors (Lipinski definition) is 0. The van der Waals surface area contributed by atoms with Crippen molar-refractivity contribution in [2.45, 2.75) is 13.3 Å². The summed E-state index contributed by atoms with van der Waals surface area (Å²) in [6.45, 7) is 1.82. The number of rotatable bonds is 4. The zero-order chi connectivity index (χ0) is 10.4. The van der Waals surface area contributed by atoms with Crippen LogP contribution in [0.2, 0.25) is 0 Å². The number of carbonyl (C=O) groups excluding carboxylic acids is 2. The molecule has 1 rings (SSSR count). The number of benzene rings is 1. The summed E-state index contributed by atoms with van der Waals surface area (Å²) in [5, 5.41) is 0. The topological polar surface area (TPSA) is 34.1 Å². The highest BCUT2D eigenvalue weighted by Crippen LogP contribution is 2.04. The van der Waals surface area contributed by atoms with Gasteiger partial charge in [-0.1, -0.05) is 37.3 Å². The van der Waals surface area contributed by atoms with Gasteiger partial charge in [0.25, 0.3) is 0 Å². The summed E-state index contributed by atoms with van der Waals surface area (Å²) in [6.07, 6.45) is 4.62. The van der Waals surface area contributed by atoms with Crippen LogP contribution in [0.25, 0.3) is 6.08 Å². The molecule has 0 saturated heterocycles. The van der Waals surface area contributed by atoms with E-state index in [-0.39, 0.29) is 5.78 Å². The van der Waals surface area contributed by atoms with E-state index < -0.39 is 0 Å². The molecule has 0 unspecified atom stereocenters. The van der Waals surface area contributed by atoms with Gasteiger partial charge in [0, 0.05) is 12.0 Å². The van der Waals surface area contributed by atoms with E-state index in [0.717, 1.165) is 11.8 Å². The van der Waals surface area contributed by atoms with E-state index in [9.17, 15) is 9.59 Å². The molecule has 0 saturated carbocycles. The Morgan fingerprint density at radius 2 is 1.79 bits per heavy atom. The second-order valence-electron chi connectivity index (χ2n) is 2.94. The van der Waals surface area contributed by atoms with Crippen LogP contribution in [0.15, 0.2) is 30.3 Å². The van der Waals surface area contributed by atoms with Crippen molar-refractivity contribution < 1.29 is 9.59 Å². The first-order valence-electron chi connectivity index (χ1n) is 4.52. The number of carbonyl (C=O) groups is 2. The summed E-state index contributed by atoms with van der Waals surface area (Å²) in [4.78, 5) is 21.3. The van der Waals surface area contributed by atoms with E-state index in [1.54, 1.807) is 24.3 Å². The highest BCUT2D eigenvalue weighted by Gasteiger charge is 1.91. The van der Waals surface area contributed by atoms with E-state index >= 15 is 0 Å². The molecule has 0 heterocycles. The van der Waals surface area contributed by atoms with Crippen molar-refractivity contribution in [3.63, 3.8) is 0 Å². The van der Waals surface area contributed by atoms with Crippen LogP contribution in [0.3, 0.4) is 0 Å². The summed E-state index contributed by atoms with van der Waals surface area (Å²) in [5.41, 5.74) is 1.57. The van der Waals surface area contributed by atoms with Crippen molar-refractivity contribution in [2.75, 3.05) is 0 Å². The summed E-state index contributed by atoms with van der Waals surface area (Å²) >= 11 is 0. The Hall–Kier alpha value is -1.70. The second-order valence-corrected chi connectivity index (χ2v) is 2.94. The molecule has 1 aromatic carbocycles. The molecule has 0 aliphatic rings. The van der Waals surface area contributed by atoms with Gasteiger partial charge >= 0.3 is 0 Å². The minimum atomic E-state index is 0.101. The number of ketones is 1. The molecule has 0 N–H and O–H groups in total. The van der Waals surface area contributed by atoms with Gasteiger partial charge in [0.2, 0.25) is 0 Å². The molecule has 1 aromatic rings. The van der Waals surface area contributed by atoms with Crippen molar-refractivity contribution in [3.05, 3.63) is 41.5 Å². The van der Waals surface area contributed by atoms with Gasteiger partial charge in [-0.05, 0) is 11.6 Å². The Bertz CT molecular complexity index is 347. The normalized spacial score (nSPS) is 10.4. The van der Waals surface area contributed by atoms with Gasteiger partial charge < -0.3 is 0 Å². The number of hydrogen-bond acceptors (Lipinski definition) is 2. The van der Waals surface area contributed by atoms with Crippen LogP contribution in [0.4, 0.5) is 0 Å². The molecule has 0 spiro atoms. The zero-order valence-corrected chi connectivity index (χ0v) is 8.07. The third-order valence-corrected chi connectivity index (χ3v) is 1.88. The molecule has 72 valence electrons. The van der Waals surface area contributed by atoms with Crippen molar-refractivity contribution in [1.82, 2.24) is 0 Å². The van der Waals surface area contributed by atoms with E-state index in [2.05, 4.69) is 0 Å². The Morgan fingerprint density at radius 1 is 1.21 bits per heavy atom. The van der Waals surface area contributed by atoms with Crippen LogP contribution in [0.5, 0.6) is 0 Å². The third-order valence-electron chi connectivity index (χ3n) is 1.88. The fourth-order valence-electron chi connectivity index (χ4n) is 0.993. The van der Waals surface area contributed by atoms with Crippen LogP contribution < -0.4 is 0 Å². The van der Waals surface area contributed by atoms with E-state index in [1.807, 2.05) is 19.1 Å². The molecule has 0 amide bonds. The fraction of sp³-hybridized carbons (Fsp3) is 0.167. The maximum atomic E-state index is 11.0. The smallest absolute Gasteiger partial charge is 0.155 e. The van der Waals surface area contributed by atoms with Gasteiger partial charge in [0.15, 0.2) is 5.78 Å². The summed E-state index contributed by atoms with van der Waals surface area (Å²) in [6, 6.07) is 7.07. The summed E-state index contributed by atoms with van der Waals surface area (Å²) in [5.74, 6) is 0.101. The van der Waals surface area contributed by atoms with Gasteiger partial charge in [0.1, 0.15) is 6.29 Å². The lowest BCUT2D eigenvalue weighted by atomic mass is 10.1. The molecule has 2 nitrogen and oxygen atoms in total. The van der Waals surface area contributed by atoms with Gasteiger partial charge in [-0.2, -0.15) is 0 Å². The van der Waals surface area contributed by atoms with Crippen LogP contribution in [0, 0.1) is 0 Å². The first-order valence-corrected chi connectivity index (χ1v) is 4.52. The van der Waals surface area contributed by atoms with Gasteiger partial charge in [-0.3, -0.25) is 9.59 Å². The Labute approximate surface area is 83.3 Å².